The van der Waals surface area contributed by atoms with Crippen LogP contribution in [0.25, 0.3) is 0 Å². The van der Waals surface area contributed by atoms with Crippen molar-refractivity contribution in [3.63, 3.8) is 0 Å². The van der Waals surface area contributed by atoms with Gasteiger partial charge in [0.15, 0.2) is 0 Å². The van der Waals surface area contributed by atoms with Crippen molar-refractivity contribution >= 4 is 39.7 Å². The van der Waals surface area contributed by atoms with Crippen LogP contribution in [0.3, 0.4) is 0 Å². The number of hydrogen-bond acceptors (Lipinski definition) is 3. The van der Waals surface area contributed by atoms with Crippen LogP contribution in [0.2, 0.25) is 5.02 Å². The lowest BCUT2D eigenvalue weighted by Gasteiger charge is -2.09. The second-order valence-electron chi connectivity index (χ2n) is 4.16. The summed E-state index contributed by atoms with van der Waals surface area (Å²) >= 11 is 5.89. The number of nitrogen functional groups attached to an aromatic ring is 1. The van der Waals surface area contributed by atoms with Crippen molar-refractivity contribution < 1.29 is 9.00 Å². The molecule has 1 unspecified atom stereocenters. The number of anilines is 2. The number of nitrogens with one attached hydrogen (secondary N) is 1. The third kappa shape index (κ3) is 3.37. The second kappa shape index (κ2) is 6.07. The Hall–Kier alpha value is -1.85. The number of carbonyl (C=O) groups is 1. The highest BCUT2D eigenvalue weighted by Gasteiger charge is 2.10. The van der Waals surface area contributed by atoms with Crippen LogP contribution in [0.5, 0.6) is 0 Å². The third-order valence-corrected chi connectivity index (χ3v) is 4.16. The monoisotopic (exact) mass is 308 g/mol. The van der Waals surface area contributed by atoms with Crippen LogP contribution in [0.4, 0.5) is 11.4 Å². The topological polar surface area (TPSA) is 72.2 Å². The lowest BCUT2D eigenvalue weighted by molar-refractivity contribution is -0.114. The SMILES string of the molecule is CC(=O)Nc1cc(S(=O)c2cccc(Cl)c2)ccc1N. The summed E-state index contributed by atoms with van der Waals surface area (Å²) in [6, 6.07) is 11.7. The first-order chi connectivity index (χ1) is 9.47. The van der Waals surface area contributed by atoms with Crippen LogP contribution >= 0.6 is 11.6 Å². The number of nitrogens with two attached hydrogens (primary N) is 1. The summed E-state index contributed by atoms with van der Waals surface area (Å²) in [6.07, 6.45) is 0. The molecule has 0 saturated carbocycles. The van der Waals surface area contributed by atoms with Gasteiger partial charge in [-0.05, 0) is 36.4 Å². The lowest BCUT2D eigenvalue weighted by atomic mass is 10.2. The molecule has 20 heavy (non-hydrogen) atoms. The van der Waals surface area contributed by atoms with Crippen LogP contribution in [0.15, 0.2) is 52.3 Å². The maximum absolute atomic E-state index is 12.4. The fraction of sp³-hybridized carbons (Fsp3) is 0.0714. The van der Waals surface area contributed by atoms with Crippen molar-refractivity contribution in [2.24, 2.45) is 0 Å². The van der Waals surface area contributed by atoms with Gasteiger partial charge in [0.1, 0.15) is 0 Å². The molecule has 2 aromatic carbocycles. The van der Waals surface area contributed by atoms with E-state index < -0.39 is 10.8 Å². The molecule has 1 amide bonds. The van der Waals surface area contributed by atoms with Crippen LogP contribution in [0.1, 0.15) is 6.92 Å². The van der Waals surface area contributed by atoms with E-state index in [-0.39, 0.29) is 5.91 Å². The molecule has 0 aromatic heterocycles. The number of amides is 1. The van der Waals surface area contributed by atoms with Gasteiger partial charge < -0.3 is 11.1 Å². The Balaban J connectivity index is 2.38. The maximum atomic E-state index is 12.4. The predicted octanol–water partition coefficient (Wildman–Crippen LogP) is 3.05. The molecule has 0 aliphatic heterocycles. The zero-order valence-electron chi connectivity index (χ0n) is 10.7. The quantitative estimate of drug-likeness (QED) is 0.856. The van der Waals surface area contributed by atoms with Crippen LogP contribution in [-0.2, 0) is 15.6 Å². The van der Waals surface area contributed by atoms with Gasteiger partial charge in [0.25, 0.3) is 0 Å². The molecule has 0 aliphatic carbocycles. The summed E-state index contributed by atoms with van der Waals surface area (Å²) in [4.78, 5) is 12.2. The van der Waals surface area contributed by atoms with E-state index >= 15 is 0 Å². The van der Waals surface area contributed by atoms with Gasteiger partial charge in [-0.3, -0.25) is 4.79 Å². The van der Waals surface area contributed by atoms with Gasteiger partial charge in [0, 0.05) is 21.7 Å². The molecule has 104 valence electrons. The minimum Gasteiger partial charge on any atom is -0.397 e. The number of rotatable bonds is 3. The van der Waals surface area contributed by atoms with E-state index in [0.717, 1.165) is 0 Å². The van der Waals surface area contributed by atoms with Gasteiger partial charge in [-0.15, -0.1) is 0 Å². The van der Waals surface area contributed by atoms with Crippen molar-refractivity contribution in [2.45, 2.75) is 16.7 Å². The van der Waals surface area contributed by atoms with Crippen molar-refractivity contribution in [1.29, 1.82) is 0 Å². The Morgan fingerprint density at radius 3 is 2.55 bits per heavy atom. The number of hydrogen-bond donors (Lipinski definition) is 2. The zero-order valence-corrected chi connectivity index (χ0v) is 12.3. The molecule has 0 fully saturated rings. The number of halogens is 1. The van der Waals surface area contributed by atoms with Crippen LogP contribution in [-0.4, -0.2) is 10.1 Å². The molecular weight excluding hydrogens is 296 g/mol. The first kappa shape index (κ1) is 14.6. The van der Waals surface area contributed by atoms with Crippen LogP contribution in [0, 0.1) is 0 Å². The molecular formula is C14H13ClN2O2S. The molecule has 0 spiro atoms. The molecule has 0 saturated heterocycles. The summed E-state index contributed by atoms with van der Waals surface area (Å²) in [5.41, 5.74) is 6.64. The van der Waals surface area contributed by atoms with Crippen LogP contribution < -0.4 is 11.1 Å². The second-order valence-corrected chi connectivity index (χ2v) is 6.07. The Labute approximate surface area is 124 Å². The average molecular weight is 309 g/mol. The highest BCUT2D eigenvalue weighted by molar-refractivity contribution is 7.85. The van der Waals surface area contributed by atoms with Crippen molar-refractivity contribution in [3.8, 4) is 0 Å². The smallest absolute Gasteiger partial charge is 0.221 e. The molecule has 0 radical (unpaired) electrons. The average Bonchev–Trinajstić information content (AvgIpc) is 2.40. The molecule has 2 aromatic rings. The highest BCUT2D eigenvalue weighted by atomic mass is 35.5. The summed E-state index contributed by atoms with van der Waals surface area (Å²) in [7, 11) is -1.38. The van der Waals surface area contributed by atoms with Gasteiger partial charge >= 0.3 is 0 Å². The molecule has 4 nitrogen and oxygen atoms in total. The Morgan fingerprint density at radius 2 is 1.90 bits per heavy atom. The Bertz CT molecular complexity index is 689. The largest absolute Gasteiger partial charge is 0.397 e. The number of carbonyl (C=O) groups excluding carboxylic acids is 1. The fourth-order valence-electron chi connectivity index (χ4n) is 1.67. The van der Waals surface area contributed by atoms with E-state index in [0.29, 0.717) is 26.2 Å². The summed E-state index contributed by atoms with van der Waals surface area (Å²) in [5.74, 6) is -0.234. The minimum atomic E-state index is -1.38. The predicted molar refractivity (Wildman–Crippen MR) is 81.3 cm³/mol. The fourth-order valence-corrected chi connectivity index (χ4v) is 3.05. The van der Waals surface area contributed by atoms with Gasteiger partial charge in [-0.1, -0.05) is 17.7 Å². The minimum absolute atomic E-state index is 0.234. The van der Waals surface area contributed by atoms with Gasteiger partial charge in [0.05, 0.1) is 22.2 Å². The van der Waals surface area contributed by atoms with Crippen molar-refractivity contribution in [2.75, 3.05) is 11.1 Å². The standard InChI is InChI=1S/C14H13ClN2O2S/c1-9(18)17-14-8-12(5-6-13(14)16)20(19)11-4-2-3-10(15)7-11/h2-8H,16H2,1H3,(H,17,18). The first-order valence-corrected chi connectivity index (χ1v) is 7.34. The Morgan fingerprint density at radius 1 is 1.20 bits per heavy atom. The van der Waals surface area contributed by atoms with Gasteiger partial charge in [0.2, 0.25) is 5.91 Å². The summed E-state index contributed by atoms with van der Waals surface area (Å²) in [6.45, 7) is 1.39. The summed E-state index contributed by atoms with van der Waals surface area (Å²) in [5, 5.41) is 3.13. The van der Waals surface area contributed by atoms with E-state index in [9.17, 15) is 9.00 Å². The van der Waals surface area contributed by atoms with Crippen molar-refractivity contribution in [3.05, 3.63) is 47.5 Å². The molecule has 6 heteroatoms. The van der Waals surface area contributed by atoms with E-state index in [2.05, 4.69) is 5.32 Å². The summed E-state index contributed by atoms with van der Waals surface area (Å²) < 4.78 is 12.4. The maximum Gasteiger partial charge on any atom is 0.221 e. The van der Waals surface area contributed by atoms with Crippen molar-refractivity contribution in [1.82, 2.24) is 0 Å². The van der Waals surface area contributed by atoms with Gasteiger partial charge in [-0.2, -0.15) is 0 Å². The molecule has 3 N–H and O–H groups in total. The molecule has 0 heterocycles. The van der Waals surface area contributed by atoms with Gasteiger partial charge in [-0.25, -0.2) is 4.21 Å². The molecule has 0 aliphatic rings. The normalized spacial score (nSPS) is 11.9. The Kier molecular flexibility index (Phi) is 4.42. The van der Waals surface area contributed by atoms with E-state index in [1.807, 2.05) is 0 Å². The van der Waals surface area contributed by atoms with E-state index in [1.54, 1.807) is 42.5 Å². The highest BCUT2D eigenvalue weighted by Crippen LogP contribution is 2.25. The van der Waals surface area contributed by atoms with E-state index in [4.69, 9.17) is 17.3 Å². The molecule has 1 atom stereocenters. The molecule has 0 bridgehead atoms. The lowest BCUT2D eigenvalue weighted by Crippen LogP contribution is -2.08. The molecule has 2 rings (SSSR count). The zero-order chi connectivity index (χ0) is 14.7. The third-order valence-electron chi connectivity index (χ3n) is 2.56. The number of benzene rings is 2. The van der Waals surface area contributed by atoms with E-state index in [1.165, 1.54) is 6.92 Å². The first-order valence-electron chi connectivity index (χ1n) is 5.82.